The molecule has 1 amide bonds. The summed E-state index contributed by atoms with van der Waals surface area (Å²) in [5, 5.41) is 9.14. The van der Waals surface area contributed by atoms with Gasteiger partial charge in [0.2, 0.25) is 0 Å². The van der Waals surface area contributed by atoms with Gasteiger partial charge in [0.05, 0.1) is 11.1 Å². The molecule has 5 nitrogen and oxygen atoms in total. The topological polar surface area (TPSA) is 89.6 Å². The summed E-state index contributed by atoms with van der Waals surface area (Å²) in [7, 11) is 0. The molecule has 1 aliphatic heterocycles. The maximum absolute atomic E-state index is 14.7. The number of carbonyl (C=O) groups is 2. The maximum atomic E-state index is 14.7. The second-order valence-corrected chi connectivity index (χ2v) is 8.61. The number of hydrogen-bond donors (Lipinski definition) is 2. The normalized spacial score (nSPS) is 16.8. The first-order valence-corrected chi connectivity index (χ1v) is 9.04. The number of carboxylic acid groups (broad SMARTS) is 1. The van der Waals surface area contributed by atoms with Gasteiger partial charge in [0.15, 0.2) is 5.82 Å². The van der Waals surface area contributed by atoms with E-state index in [1.165, 1.54) is 6.07 Å². The number of primary amides is 1. The Balaban J connectivity index is 2.28. The van der Waals surface area contributed by atoms with Crippen LogP contribution in [0.25, 0.3) is 11.1 Å². The molecule has 0 aromatic heterocycles. The van der Waals surface area contributed by atoms with Crippen LogP contribution in [0.4, 0.5) is 4.39 Å². The van der Waals surface area contributed by atoms with E-state index in [4.69, 9.17) is 15.6 Å². The largest absolute Gasteiger partial charge is 0.487 e. The Kier molecular flexibility index (Phi) is 4.49. The SMILES string of the molecule is Cc1cc(-c2ccc(C(=O)O)c(F)c2C(N)=O)cc2c1OC(C)(C)CC2(C)C. The molecule has 6 heteroatoms. The molecule has 0 saturated heterocycles. The predicted molar refractivity (Wildman–Crippen MR) is 104 cm³/mol. The Morgan fingerprint density at radius 2 is 1.82 bits per heavy atom. The molecule has 0 unspecified atom stereocenters. The zero-order chi connectivity index (χ0) is 21.0. The molecule has 28 heavy (non-hydrogen) atoms. The van der Waals surface area contributed by atoms with E-state index in [1.54, 1.807) is 6.07 Å². The van der Waals surface area contributed by atoms with Crippen molar-refractivity contribution in [3.05, 3.63) is 52.3 Å². The number of amides is 1. The first-order chi connectivity index (χ1) is 12.8. The van der Waals surface area contributed by atoms with Gasteiger partial charge >= 0.3 is 5.97 Å². The van der Waals surface area contributed by atoms with Gasteiger partial charge in [0.1, 0.15) is 11.4 Å². The van der Waals surface area contributed by atoms with Gasteiger partial charge in [-0.15, -0.1) is 0 Å². The highest BCUT2D eigenvalue weighted by atomic mass is 19.1. The van der Waals surface area contributed by atoms with Crippen LogP contribution in [0.15, 0.2) is 24.3 Å². The molecule has 0 radical (unpaired) electrons. The number of fused-ring (bicyclic) bond motifs is 1. The molecule has 0 aliphatic carbocycles. The number of benzene rings is 2. The summed E-state index contributed by atoms with van der Waals surface area (Å²) in [6.45, 7) is 10.2. The van der Waals surface area contributed by atoms with Crippen LogP contribution in [0.1, 0.15) is 66.0 Å². The van der Waals surface area contributed by atoms with E-state index < -0.39 is 28.8 Å². The summed E-state index contributed by atoms with van der Waals surface area (Å²) >= 11 is 0. The first kappa shape index (κ1) is 19.9. The Bertz CT molecular complexity index is 1010. The van der Waals surface area contributed by atoms with Crippen molar-refractivity contribution < 1.29 is 23.8 Å². The highest BCUT2D eigenvalue weighted by Gasteiger charge is 2.40. The smallest absolute Gasteiger partial charge is 0.338 e. The standard InChI is InChI=1S/C22H24FNO4/c1-11-8-12(9-15-18(11)28-22(4,5)10-21(15,2)3)13-6-7-14(20(26)27)17(23)16(13)19(24)25/h6-9H,10H2,1-5H3,(H2,24,25)(H,26,27). The molecule has 0 bridgehead atoms. The number of aryl methyl sites for hydroxylation is 1. The Labute approximate surface area is 163 Å². The third-order valence-electron chi connectivity index (χ3n) is 5.18. The molecule has 3 N–H and O–H groups in total. The van der Waals surface area contributed by atoms with Crippen molar-refractivity contribution in [1.82, 2.24) is 0 Å². The van der Waals surface area contributed by atoms with Gasteiger partial charge in [-0.1, -0.05) is 19.9 Å². The average molecular weight is 385 g/mol. The third kappa shape index (κ3) is 3.23. The van der Waals surface area contributed by atoms with Gasteiger partial charge in [0.25, 0.3) is 5.91 Å². The van der Waals surface area contributed by atoms with Crippen LogP contribution in [-0.4, -0.2) is 22.6 Å². The molecule has 148 valence electrons. The number of rotatable bonds is 3. The van der Waals surface area contributed by atoms with E-state index >= 15 is 0 Å². The minimum Gasteiger partial charge on any atom is -0.487 e. The van der Waals surface area contributed by atoms with E-state index in [1.807, 2.05) is 26.8 Å². The lowest BCUT2D eigenvalue weighted by atomic mass is 9.72. The summed E-state index contributed by atoms with van der Waals surface area (Å²) in [4.78, 5) is 23.2. The molecule has 3 rings (SSSR count). The molecule has 1 aliphatic rings. The fourth-order valence-corrected chi connectivity index (χ4v) is 4.26. The lowest BCUT2D eigenvalue weighted by Crippen LogP contribution is -2.41. The summed E-state index contributed by atoms with van der Waals surface area (Å²) in [6, 6.07) is 6.25. The molecule has 0 fully saturated rings. The van der Waals surface area contributed by atoms with Crippen LogP contribution < -0.4 is 10.5 Å². The predicted octanol–water partition coefficient (Wildman–Crippen LogP) is 4.44. The fourth-order valence-electron chi connectivity index (χ4n) is 4.26. The van der Waals surface area contributed by atoms with Gasteiger partial charge in [-0.2, -0.15) is 0 Å². The van der Waals surface area contributed by atoms with Crippen molar-refractivity contribution in [2.75, 3.05) is 0 Å². The lowest BCUT2D eigenvalue weighted by molar-refractivity contribution is 0.0525. The van der Waals surface area contributed by atoms with Crippen molar-refractivity contribution in [3.8, 4) is 16.9 Å². The Hall–Kier alpha value is -2.89. The highest BCUT2D eigenvalue weighted by molar-refractivity contribution is 6.03. The van der Waals surface area contributed by atoms with Crippen molar-refractivity contribution in [1.29, 1.82) is 0 Å². The van der Waals surface area contributed by atoms with Crippen LogP contribution in [0, 0.1) is 12.7 Å². The minimum absolute atomic E-state index is 0.204. The molecule has 1 heterocycles. The highest BCUT2D eigenvalue weighted by Crippen LogP contribution is 2.48. The molecule has 2 aromatic rings. The average Bonchev–Trinajstić information content (AvgIpc) is 2.53. The second kappa shape index (κ2) is 6.33. The maximum Gasteiger partial charge on any atom is 0.338 e. The summed E-state index contributed by atoms with van der Waals surface area (Å²) in [5.74, 6) is -2.80. The third-order valence-corrected chi connectivity index (χ3v) is 5.18. The zero-order valence-corrected chi connectivity index (χ0v) is 16.6. The Morgan fingerprint density at radius 3 is 2.39 bits per heavy atom. The van der Waals surface area contributed by atoms with E-state index in [0.29, 0.717) is 5.56 Å². The van der Waals surface area contributed by atoms with E-state index in [2.05, 4.69) is 13.8 Å². The number of aromatic carboxylic acids is 1. The van der Waals surface area contributed by atoms with E-state index in [0.717, 1.165) is 29.4 Å². The number of halogens is 1. The number of carbonyl (C=O) groups excluding carboxylic acids is 1. The second-order valence-electron chi connectivity index (χ2n) is 8.61. The molecule has 0 saturated carbocycles. The monoisotopic (exact) mass is 385 g/mol. The lowest BCUT2D eigenvalue weighted by Gasteiger charge is -2.43. The summed E-state index contributed by atoms with van der Waals surface area (Å²) in [6.07, 6.45) is 0.783. The van der Waals surface area contributed by atoms with Gasteiger partial charge in [-0.05, 0) is 67.5 Å². The van der Waals surface area contributed by atoms with Crippen molar-refractivity contribution in [2.24, 2.45) is 5.73 Å². The van der Waals surface area contributed by atoms with Crippen LogP contribution in [0.2, 0.25) is 0 Å². The first-order valence-electron chi connectivity index (χ1n) is 9.04. The molecule has 0 atom stereocenters. The van der Waals surface area contributed by atoms with Crippen molar-refractivity contribution >= 4 is 11.9 Å². The molecule has 0 spiro atoms. The van der Waals surface area contributed by atoms with E-state index in [-0.39, 0.29) is 16.6 Å². The summed E-state index contributed by atoms with van der Waals surface area (Å²) in [5.41, 5.74) is 6.53. The molecular weight excluding hydrogens is 361 g/mol. The molecule has 2 aromatic carbocycles. The fraction of sp³-hybridized carbons (Fsp3) is 0.364. The quantitative estimate of drug-likeness (QED) is 0.817. The van der Waals surface area contributed by atoms with Crippen LogP contribution >= 0.6 is 0 Å². The van der Waals surface area contributed by atoms with Crippen molar-refractivity contribution in [3.63, 3.8) is 0 Å². The van der Waals surface area contributed by atoms with Gasteiger partial charge in [-0.25, -0.2) is 9.18 Å². The zero-order valence-electron chi connectivity index (χ0n) is 16.6. The van der Waals surface area contributed by atoms with E-state index in [9.17, 15) is 14.0 Å². The molecular formula is C22H24FNO4. The number of nitrogens with two attached hydrogens (primary N) is 1. The summed E-state index contributed by atoms with van der Waals surface area (Å²) < 4.78 is 20.9. The van der Waals surface area contributed by atoms with Crippen LogP contribution in [-0.2, 0) is 5.41 Å². The number of hydrogen-bond acceptors (Lipinski definition) is 3. The van der Waals surface area contributed by atoms with Crippen molar-refractivity contribution in [2.45, 2.75) is 52.1 Å². The Morgan fingerprint density at radius 1 is 1.18 bits per heavy atom. The van der Waals surface area contributed by atoms with Gasteiger partial charge in [0, 0.05) is 5.56 Å². The van der Waals surface area contributed by atoms with Crippen LogP contribution in [0.5, 0.6) is 5.75 Å². The van der Waals surface area contributed by atoms with Gasteiger partial charge < -0.3 is 15.6 Å². The van der Waals surface area contributed by atoms with Crippen LogP contribution in [0.3, 0.4) is 0 Å². The number of ether oxygens (including phenoxy) is 1. The minimum atomic E-state index is -1.45. The number of carboxylic acids is 1. The van der Waals surface area contributed by atoms with Gasteiger partial charge in [-0.3, -0.25) is 4.79 Å².